The maximum Gasteiger partial charge on any atom is 0.270 e. The molecule has 0 spiro atoms. The molecule has 1 heterocycles. The maximum atomic E-state index is 13.9. The van der Waals surface area contributed by atoms with Crippen LogP contribution in [-0.4, -0.2) is 21.4 Å². The predicted octanol–water partition coefficient (Wildman–Crippen LogP) is 7.40. The first-order valence-corrected chi connectivity index (χ1v) is 13.8. The van der Waals surface area contributed by atoms with Gasteiger partial charge in [-0.05, 0) is 60.2 Å². The standard InChI is InChI=1S/C34H32FN3O3/c1-24(12-13-25-8-4-2-5-9-25)36-34(39)21-30(27-14-16-28(35)17-15-27)32-23-37(22-26-10-6-3-7-11-26)33-19-18-29(38(40)41)20-31(32)33/h2-11,14-20,23-24,30H,12-13,21-22H2,1H3,(H,36,39)/t24-,30+/m1/s1. The molecular weight excluding hydrogens is 517 g/mol. The molecule has 4 aromatic carbocycles. The molecule has 1 amide bonds. The highest BCUT2D eigenvalue weighted by molar-refractivity contribution is 5.88. The van der Waals surface area contributed by atoms with E-state index in [1.165, 1.54) is 23.8 Å². The van der Waals surface area contributed by atoms with Crippen LogP contribution >= 0.6 is 0 Å². The number of amides is 1. The van der Waals surface area contributed by atoms with Crippen molar-refractivity contribution in [3.05, 3.63) is 148 Å². The maximum absolute atomic E-state index is 13.9. The number of aromatic nitrogens is 1. The van der Waals surface area contributed by atoms with Crippen LogP contribution < -0.4 is 5.32 Å². The lowest BCUT2D eigenvalue weighted by Crippen LogP contribution is -2.33. The van der Waals surface area contributed by atoms with Crippen molar-refractivity contribution in [3.63, 3.8) is 0 Å². The Morgan fingerprint density at radius 2 is 1.59 bits per heavy atom. The summed E-state index contributed by atoms with van der Waals surface area (Å²) in [4.78, 5) is 24.7. The van der Waals surface area contributed by atoms with Gasteiger partial charge in [-0.15, -0.1) is 0 Å². The number of rotatable bonds is 11. The number of halogens is 1. The Labute approximate surface area is 238 Å². The number of benzene rings is 4. The summed E-state index contributed by atoms with van der Waals surface area (Å²) in [6, 6.07) is 31.0. The van der Waals surface area contributed by atoms with Crippen LogP contribution in [0, 0.1) is 15.9 Å². The second kappa shape index (κ2) is 12.6. The predicted molar refractivity (Wildman–Crippen MR) is 159 cm³/mol. The van der Waals surface area contributed by atoms with Gasteiger partial charge in [0.1, 0.15) is 5.82 Å². The van der Waals surface area contributed by atoms with Crippen LogP contribution in [0.1, 0.15) is 47.9 Å². The summed E-state index contributed by atoms with van der Waals surface area (Å²) in [5.41, 5.74) is 4.66. The smallest absolute Gasteiger partial charge is 0.270 e. The Bertz CT molecular complexity index is 1630. The normalized spacial score (nSPS) is 12.6. The van der Waals surface area contributed by atoms with Crippen molar-refractivity contribution in [2.24, 2.45) is 0 Å². The summed E-state index contributed by atoms with van der Waals surface area (Å²) < 4.78 is 16.0. The summed E-state index contributed by atoms with van der Waals surface area (Å²) >= 11 is 0. The van der Waals surface area contributed by atoms with E-state index in [4.69, 9.17) is 0 Å². The lowest BCUT2D eigenvalue weighted by Gasteiger charge is -2.20. The van der Waals surface area contributed by atoms with E-state index in [1.54, 1.807) is 24.3 Å². The average molecular weight is 550 g/mol. The third kappa shape index (κ3) is 6.87. The molecule has 0 bridgehead atoms. The molecule has 0 unspecified atom stereocenters. The van der Waals surface area contributed by atoms with Crippen LogP contribution in [-0.2, 0) is 17.8 Å². The molecule has 5 rings (SSSR count). The van der Waals surface area contributed by atoms with Crippen molar-refractivity contribution in [2.45, 2.75) is 44.7 Å². The Hall–Kier alpha value is -4.78. The average Bonchev–Trinajstić information content (AvgIpc) is 3.33. The van der Waals surface area contributed by atoms with Crippen LogP contribution in [0.5, 0.6) is 0 Å². The van der Waals surface area contributed by atoms with Crippen LogP contribution in [0.4, 0.5) is 10.1 Å². The highest BCUT2D eigenvalue weighted by Gasteiger charge is 2.25. The number of hydrogen-bond acceptors (Lipinski definition) is 3. The fourth-order valence-corrected chi connectivity index (χ4v) is 5.34. The van der Waals surface area contributed by atoms with E-state index in [0.717, 1.165) is 35.0 Å². The number of nitrogens with one attached hydrogen (secondary N) is 1. The summed E-state index contributed by atoms with van der Waals surface area (Å²) in [6.07, 6.45) is 3.73. The molecule has 0 saturated heterocycles. The first-order chi connectivity index (χ1) is 19.9. The number of carbonyl (C=O) groups is 1. The molecule has 1 aromatic heterocycles. The van der Waals surface area contributed by atoms with Gasteiger partial charge in [-0.3, -0.25) is 14.9 Å². The number of nitro benzene ring substituents is 1. The van der Waals surface area contributed by atoms with Gasteiger partial charge in [0.05, 0.1) is 4.92 Å². The van der Waals surface area contributed by atoms with Gasteiger partial charge in [-0.2, -0.15) is 0 Å². The minimum Gasteiger partial charge on any atom is -0.354 e. The molecule has 41 heavy (non-hydrogen) atoms. The SMILES string of the molecule is C[C@H](CCc1ccccc1)NC(=O)C[C@@H](c1ccc(F)cc1)c1cn(Cc2ccccc2)c2ccc([N+](=O)[O-])cc12. The van der Waals surface area contributed by atoms with Crippen molar-refractivity contribution in [2.75, 3.05) is 0 Å². The number of carbonyl (C=O) groups excluding carboxylic acids is 1. The molecule has 0 aliphatic rings. The van der Waals surface area contributed by atoms with Crippen molar-refractivity contribution >= 4 is 22.5 Å². The van der Waals surface area contributed by atoms with Gasteiger partial charge in [0, 0.05) is 54.2 Å². The van der Waals surface area contributed by atoms with E-state index in [9.17, 15) is 19.3 Å². The molecular formula is C34H32FN3O3. The van der Waals surface area contributed by atoms with Crippen molar-refractivity contribution < 1.29 is 14.1 Å². The Balaban J connectivity index is 1.48. The zero-order valence-corrected chi connectivity index (χ0v) is 22.9. The summed E-state index contributed by atoms with van der Waals surface area (Å²) in [5.74, 6) is -0.929. The van der Waals surface area contributed by atoms with Crippen LogP contribution in [0.25, 0.3) is 10.9 Å². The molecule has 7 heteroatoms. The number of aryl methyl sites for hydroxylation is 1. The van der Waals surface area contributed by atoms with Gasteiger partial charge in [-0.25, -0.2) is 4.39 Å². The van der Waals surface area contributed by atoms with Gasteiger partial charge in [-0.1, -0.05) is 72.8 Å². The van der Waals surface area contributed by atoms with Crippen molar-refractivity contribution in [1.29, 1.82) is 0 Å². The van der Waals surface area contributed by atoms with Gasteiger partial charge >= 0.3 is 0 Å². The van der Waals surface area contributed by atoms with Crippen LogP contribution in [0.3, 0.4) is 0 Å². The zero-order valence-electron chi connectivity index (χ0n) is 22.9. The third-order valence-corrected chi connectivity index (χ3v) is 7.46. The van der Waals surface area contributed by atoms with E-state index in [1.807, 2.05) is 61.7 Å². The molecule has 0 saturated carbocycles. The molecule has 1 N–H and O–H groups in total. The van der Waals surface area contributed by atoms with Crippen molar-refractivity contribution in [1.82, 2.24) is 9.88 Å². The second-order valence-electron chi connectivity index (χ2n) is 10.5. The van der Waals surface area contributed by atoms with E-state index in [-0.39, 0.29) is 29.9 Å². The Morgan fingerprint density at radius 3 is 2.24 bits per heavy atom. The van der Waals surface area contributed by atoms with E-state index < -0.39 is 10.8 Å². The topological polar surface area (TPSA) is 77.2 Å². The molecule has 0 fully saturated rings. The zero-order chi connectivity index (χ0) is 28.8. The number of nitro groups is 1. The number of non-ortho nitro benzene ring substituents is 1. The minimum atomic E-state index is -0.432. The number of hydrogen-bond donors (Lipinski definition) is 1. The first kappa shape index (κ1) is 27.8. The first-order valence-electron chi connectivity index (χ1n) is 13.8. The minimum absolute atomic E-state index is 0.0203. The Kier molecular flexibility index (Phi) is 8.53. The fraction of sp³-hybridized carbons (Fsp3) is 0.206. The van der Waals surface area contributed by atoms with E-state index >= 15 is 0 Å². The highest BCUT2D eigenvalue weighted by atomic mass is 19.1. The lowest BCUT2D eigenvalue weighted by molar-refractivity contribution is -0.384. The summed E-state index contributed by atoms with van der Waals surface area (Å²) in [7, 11) is 0. The van der Waals surface area contributed by atoms with Gasteiger partial charge in [0.2, 0.25) is 5.91 Å². The highest BCUT2D eigenvalue weighted by Crippen LogP contribution is 2.37. The monoisotopic (exact) mass is 549 g/mol. The second-order valence-corrected chi connectivity index (χ2v) is 10.5. The van der Waals surface area contributed by atoms with E-state index in [0.29, 0.717) is 11.9 Å². The molecule has 0 radical (unpaired) electrons. The molecule has 2 atom stereocenters. The quantitative estimate of drug-likeness (QED) is 0.138. The lowest BCUT2D eigenvalue weighted by atomic mass is 9.87. The van der Waals surface area contributed by atoms with E-state index in [2.05, 4.69) is 22.0 Å². The summed E-state index contributed by atoms with van der Waals surface area (Å²) in [6.45, 7) is 2.55. The number of nitrogens with zero attached hydrogens (tertiary/aromatic N) is 2. The molecule has 5 aromatic rings. The molecule has 208 valence electrons. The largest absolute Gasteiger partial charge is 0.354 e. The van der Waals surface area contributed by atoms with Gasteiger partial charge < -0.3 is 9.88 Å². The van der Waals surface area contributed by atoms with Crippen LogP contribution in [0.15, 0.2) is 109 Å². The Morgan fingerprint density at radius 1 is 0.927 bits per heavy atom. The van der Waals surface area contributed by atoms with Gasteiger partial charge in [0.15, 0.2) is 0 Å². The van der Waals surface area contributed by atoms with Gasteiger partial charge in [0.25, 0.3) is 5.69 Å². The molecule has 0 aliphatic heterocycles. The fourth-order valence-electron chi connectivity index (χ4n) is 5.34. The third-order valence-electron chi connectivity index (χ3n) is 7.46. The van der Waals surface area contributed by atoms with Crippen molar-refractivity contribution in [3.8, 4) is 0 Å². The summed E-state index contributed by atoms with van der Waals surface area (Å²) in [5, 5.41) is 15.5. The van der Waals surface area contributed by atoms with Crippen LogP contribution in [0.2, 0.25) is 0 Å². The number of fused-ring (bicyclic) bond motifs is 1. The molecule has 0 aliphatic carbocycles. The molecule has 6 nitrogen and oxygen atoms in total.